The Bertz CT molecular complexity index is 304. The summed E-state index contributed by atoms with van der Waals surface area (Å²) < 4.78 is 0. The largest absolute Gasteiger partial charge is 0.392 e. The minimum Gasteiger partial charge on any atom is -0.392 e. The van der Waals surface area contributed by atoms with Crippen LogP contribution in [0.4, 0.5) is 4.79 Å². The van der Waals surface area contributed by atoms with E-state index in [1.807, 2.05) is 13.8 Å². The van der Waals surface area contributed by atoms with Crippen LogP contribution in [0.15, 0.2) is 0 Å². The van der Waals surface area contributed by atoms with Crippen molar-refractivity contribution in [1.82, 2.24) is 10.6 Å². The van der Waals surface area contributed by atoms with Gasteiger partial charge in [0, 0.05) is 11.5 Å². The maximum atomic E-state index is 11.6. The van der Waals surface area contributed by atoms with Gasteiger partial charge in [-0.1, -0.05) is 13.8 Å². The Morgan fingerprint density at radius 2 is 2.06 bits per heavy atom. The maximum Gasteiger partial charge on any atom is 0.312 e. The van der Waals surface area contributed by atoms with E-state index in [1.54, 1.807) is 6.92 Å². The second-order valence-electron chi connectivity index (χ2n) is 4.86. The number of urea groups is 1. The van der Waals surface area contributed by atoms with E-state index in [4.69, 9.17) is 5.73 Å². The van der Waals surface area contributed by atoms with E-state index in [1.165, 1.54) is 0 Å². The smallest absolute Gasteiger partial charge is 0.312 e. The number of amides is 3. The van der Waals surface area contributed by atoms with Crippen LogP contribution in [0.2, 0.25) is 0 Å². The Morgan fingerprint density at radius 1 is 1.50 bits per heavy atom. The molecule has 1 aliphatic rings. The number of carbonyl (C=O) groups is 2. The molecule has 0 aromatic carbocycles. The van der Waals surface area contributed by atoms with E-state index in [-0.39, 0.29) is 17.4 Å². The van der Waals surface area contributed by atoms with E-state index in [0.29, 0.717) is 6.42 Å². The van der Waals surface area contributed by atoms with Crippen LogP contribution in [-0.2, 0) is 4.79 Å². The highest BCUT2D eigenvalue weighted by Crippen LogP contribution is 2.40. The summed E-state index contributed by atoms with van der Waals surface area (Å²) in [7, 11) is 0. The molecule has 0 aliphatic heterocycles. The number of primary amides is 1. The molecule has 6 nitrogen and oxygen atoms in total. The summed E-state index contributed by atoms with van der Waals surface area (Å²) >= 11 is 0. The molecule has 0 bridgehead atoms. The number of hydrogen-bond donors (Lipinski definition) is 4. The molecule has 1 aliphatic carbocycles. The average Bonchev–Trinajstić information content (AvgIpc) is 2.16. The molecule has 3 unspecified atom stereocenters. The number of nitrogens with one attached hydrogen (secondary N) is 2. The van der Waals surface area contributed by atoms with E-state index < -0.39 is 18.2 Å². The Balaban J connectivity index is 2.44. The average molecular weight is 229 g/mol. The molecule has 1 rings (SSSR count). The lowest BCUT2D eigenvalue weighted by molar-refractivity contribution is -0.130. The molecule has 1 saturated carbocycles. The third-order valence-corrected chi connectivity index (χ3v) is 3.28. The summed E-state index contributed by atoms with van der Waals surface area (Å²) in [5, 5.41) is 14.6. The molecular formula is C10H19N3O3. The minimum absolute atomic E-state index is 0.0628. The molecule has 3 atom stereocenters. The van der Waals surface area contributed by atoms with Gasteiger partial charge in [-0.2, -0.15) is 0 Å². The van der Waals surface area contributed by atoms with Gasteiger partial charge in [0.2, 0.25) is 5.91 Å². The summed E-state index contributed by atoms with van der Waals surface area (Å²) in [6.45, 7) is 5.33. The van der Waals surface area contributed by atoms with Gasteiger partial charge in [0.1, 0.15) is 6.04 Å². The third-order valence-electron chi connectivity index (χ3n) is 3.28. The van der Waals surface area contributed by atoms with Crippen molar-refractivity contribution in [1.29, 1.82) is 0 Å². The molecule has 3 amide bonds. The molecule has 6 heteroatoms. The topological polar surface area (TPSA) is 104 Å². The van der Waals surface area contributed by atoms with Crippen LogP contribution in [0.25, 0.3) is 0 Å². The van der Waals surface area contributed by atoms with Gasteiger partial charge in [-0.3, -0.25) is 4.79 Å². The summed E-state index contributed by atoms with van der Waals surface area (Å²) in [6.07, 6.45) is 0.152. The first-order chi connectivity index (χ1) is 7.25. The van der Waals surface area contributed by atoms with Crippen molar-refractivity contribution in [3.63, 3.8) is 0 Å². The van der Waals surface area contributed by atoms with Gasteiger partial charge in [-0.15, -0.1) is 0 Å². The summed E-state index contributed by atoms with van der Waals surface area (Å²) in [4.78, 5) is 22.2. The first-order valence-electron chi connectivity index (χ1n) is 5.29. The first kappa shape index (κ1) is 12.8. The molecule has 1 fully saturated rings. The van der Waals surface area contributed by atoms with Crippen LogP contribution >= 0.6 is 0 Å². The van der Waals surface area contributed by atoms with Crippen molar-refractivity contribution in [2.75, 3.05) is 0 Å². The van der Waals surface area contributed by atoms with Crippen molar-refractivity contribution in [3.8, 4) is 0 Å². The Kier molecular flexibility index (Phi) is 3.42. The Labute approximate surface area is 94.6 Å². The summed E-state index contributed by atoms with van der Waals surface area (Å²) in [6, 6.07) is -1.45. The van der Waals surface area contributed by atoms with Crippen LogP contribution < -0.4 is 16.4 Å². The highest BCUT2D eigenvalue weighted by Gasteiger charge is 2.48. The molecule has 0 aromatic heterocycles. The lowest BCUT2D eigenvalue weighted by Gasteiger charge is -2.49. The molecule has 0 saturated heterocycles. The van der Waals surface area contributed by atoms with E-state index in [2.05, 4.69) is 10.6 Å². The van der Waals surface area contributed by atoms with Gasteiger partial charge < -0.3 is 21.5 Å². The van der Waals surface area contributed by atoms with Gasteiger partial charge in [0.25, 0.3) is 0 Å². The number of aliphatic hydroxyl groups excluding tert-OH is 1. The molecule has 5 N–H and O–H groups in total. The van der Waals surface area contributed by atoms with Gasteiger partial charge >= 0.3 is 6.03 Å². The molecule has 0 radical (unpaired) electrons. The molecule has 0 heterocycles. The number of hydrogen-bond acceptors (Lipinski definition) is 3. The second kappa shape index (κ2) is 4.29. The highest BCUT2D eigenvalue weighted by molar-refractivity contribution is 5.86. The number of carbonyl (C=O) groups excluding carboxylic acids is 2. The minimum atomic E-state index is -0.726. The Hall–Kier alpha value is -1.30. The zero-order chi connectivity index (χ0) is 12.5. The van der Waals surface area contributed by atoms with Crippen LogP contribution in [0, 0.1) is 5.41 Å². The van der Waals surface area contributed by atoms with Crippen molar-refractivity contribution in [2.45, 2.75) is 45.4 Å². The number of rotatable bonds is 3. The Morgan fingerprint density at radius 3 is 2.44 bits per heavy atom. The molecule has 0 spiro atoms. The zero-order valence-electron chi connectivity index (χ0n) is 9.78. The van der Waals surface area contributed by atoms with E-state index >= 15 is 0 Å². The van der Waals surface area contributed by atoms with Crippen molar-refractivity contribution >= 4 is 11.9 Å². The SMILES string of the molecule is CC(NC(N)=O)C(=O)NC1CC(O)C1(C)C. The molecule has 16 heavy (non-hydrogen) atoms. The van der Waals surface area contributed by atoms with Crippen LogP contribution in [0.1, 0.15) is 27.2 Å². The monoisotopic (exact) mass is 229 g/mol. The first-order valence-corrected chi connectivity index (χ1v) is 5.29. The van der Waals surface area contributed by atoms with Crippen molar-refractivity contribution < 1.29 is 14.7 Å². The van der Waals surface area contributed by atoms with Gasteiger partial charge in [0.15, 0.2) is 0 Å². The molecule has 92 valence electrons. The highest BCUT2D eigenvalue weighted by atomic mass is 16.3. The quantitative estimate of drug-likeness (QED) is 0.515. The summed E-state index contributed by atoms with van der Waals surface area (Å²) in [5.41, 5.74) is 4.60. The summed E-state index contributed by atoms with van der Waals surface area (Å²) in [5.74, 6) is -0.288. The number of aliphatic hydroxyl groups is 1. The van der Waals surface area contributed by atoms with Gasteiger partial charge in [0.05, 0.1) is 6.10 Å². The van der Waals surface area contributed by atoms with Crippen LogP contribution in [0.3, 0.4) is 0 Å². The fraction of sp³-hybridized carbons (Fsp3) is 0.800. The van der Waals surface area contributed by atoms with Crippen LogP contribution in [0.5, 0.6) is 0 Å². The predicted octanol–water partition coefficient (Wildman–Crippen LogP) is -0.681. The zero-order valence-corrected chi connectivity index (χ0v) is 9.78. The van der Waals surface area contributed by atoms with Crippen molar-refractivity contribution in [3.05, 3.63) is 0 Å². The van der Waals surface area contributed by atoms with Crippen molar-refractivity contribution in [2.24, 2.45) is 11.1 Å². The maximum absolute atomic E-state index is 11.6. The van der Waals surface area contributed by atoms with E-state index in [0.717, 1.165) is 0 Å². The normalized spacial score (nSPS) is 28.8. The number of nitrogens with two attached hydrogens (primary N) is 1. The molecular weight excluding hydrogens is 210 g/mol. The fourth-order valence-corrected chi connectivity index (χ4v) is 1.72. The standard InChI is InChI=1S/C10H19N3O3/c1-5(12-9(11)16)8(15)13-6-4-7(14)10(6,2)3/h5-7,14H,4H2,1-3H3,(H,13,15)(H3,11,12,16). The lowest BCUT2D eigenvalue weighted by Crippen LogP contribution is -2.63. The second-order valence-corrected chi connectivity index (χ2v) is 4.86. The van der Waals surface area contributed by atoms with Gasteiger partial charge in [-0.25, -0.2) is 4.79 Å². The predicted molar refractivity (Wildman–Crippen MR) is 58.5 cm³/mol. The lowest BCUT2D eigenvalue weighted by atomic mass is 9.64. The van der Waals surface area contributed by atoms with E-state index in [9.17, 15) is 14.7 Å². The van der Waals surface area contributed by atoms with Crippen LogP contribution in [-0.4, -0.2) is 35.2 Å². The molecule has 0 aromatic rings. The fourth-order valence-electron chi connectivity index (χ4n) is 1.72. The van der Waals surface area contributed by atoms with Gasteiger partial charge in [-0.05, 0) is 13.3 Å². The third kappa shape index (κ3) is 2.44.